The number of aromatic nitrogens is 1. The fourth-order valence-electron chi connectivity index (χ4n) is 4.45. The van der Waals surface area contributed by atoms with E-state index in [9.17, 15) is 9.59 Å². The number of hydrogen-bond acceptors (Lipinski definition) is 3. The van der Waals surface area contributed by atoms with E-state index in [1.807, 2.05) is 86.6 Å². The molecule has 0 unspecified atom stereocenters. The highest BCUT2D eigenvalue weighted by Crippen LogP contribution is 2.30. The van der Waals surface area contributed by atoms with Gasteiger partial charge in [-0.25, -0.2) is 0 Å². The van der Waals surface area contributed by atoms with Crippen LogP contribution in [0.25, 0.3) is 21.7 Å². The van der Waals surface area contributed by atoms with Crippen LogP contribution in [0.5, 0.6) is 0 Å². The summed E-state index contributed by atoms with van der Waals surface area (Å²) in [6, 6.07) is 27.9. The van der Waals surface area contributed by atoms with E-state index in [2.05, 4.69) is 33.5 Å². The first kappa shape index (κ1) is 24.7. The topological polar surface area (TPSA) is 63.1 Å². The number of nitrogens with one attached hydrogen (secondary N) is 2. The minimum atomic E-state index is -0.0834. The van der Waals surface area contributed by atoms with Crippen LogP contribution >= 0.6 is 11.8 Å². The second-order valence-corrected chi connectivity index (χ2v) is 10.1. The van der Waals surface area contributed by atoms with E-state index < -0.39 is 0 Å². The van der Waals surface area contributed by atoms with Crippen molar-refractivity contribution in [1.29, 1.82) is 0 Å². The Labute approximate surface area is 220 Å². The number of anilines is 1. The van der Waals surface area contributed by atoms with Crippen molar-refractivity contribution in [2.45, 2.75) is 25.3 Å². The Morgan fingerprint density at radius 3 is 2.51 bits per heavy atom. The van der Waals surface area contributed by atoms with Gasteiger partial charge in [0.2, 0.25) is 5.91 Å². The van der Waals surface area contributed by atoms with Crippen LogP contribution in [0, 0.1) is 13.8 Å². The summed E-state index contributed by atoms with van der Waals surface area (Å²) in [6.45, 7) is 5.19. The number of amides is 2. The molecule has 1 heterocycles. The maximum Gasteiger partial charge on any atom is 0.251 e. The summed E-state index contributed by atoms with van der Waals surface area (Å²) in [7, 11) is 0. The second-order valence-electron chi connectivity index (χ2n) is 9.11. The van der Waals surface area contributed by atoms with E-state index in [1.165, 1.54) is 11.8 Å². The lowest BCUT2D eigenvalue weighted by Crippen LogP contribution is -2.27. The third-order valence-corrected chi connectivity index (χ3v) is 7.68. The monoisotopic (exact) mass is 507 g/mol. The van der Waals surface area contributed by atoms with Crippen LogP contribution in [0.4, 0.5) is 5.69 Å². The minimum Gasteiger partial charge on any atom is -0.350 e. The fourth-order valence-corrected chi connectivity index (χ4v) is 5.34. The average Bonchev–Trinajstić information content (AvgIpc) is 3.27. The molecule has 37 heavy (non-hydrogen) atoms. The van der Waals surface area contributed by atoms with Gasteiger partial charge >= 0.3 is 0 Å². The molecule has 186 valence electrons. The van der Waals surface area contributed by atoms with Gasteiger partial charge in [0.25, 0.3) is 5.91 Å². The van der Waals surface area contributed by atoms with Gasteiger partial charge < -0.3 is 15.2 Å². The molecule has 5 rings (SSSR count). The van der Waals surface area contributed by atoms with Gasteiger partial charge in [0.05, 0.1) is 5.75 Å². The zero-order valence-corrected chi connectivity index (χ0v) is 21.8. The Hall–Kier alpha value is -4.03. The number of hydrogen-bond donors (Lipinski definition) is 2. The van der Waals surface area contributed by atoms with Crippen molar-refractivity contribution in [2.75, 3.05) is 17.6 Å². The zero-order valence-electron chi connectivity index (χ0n) is 21.0. The highest BCUT2D eigenvalue weighted by Gasteiger charge is 2.13. The fraction of sp³-hybridized carbons (Fsp3) is 0.161. The Balaban J connectivity index is 1.22. The third kappa shape index (κ3) is 5.54. The van der Waals surface area contributed by atoms with Gasteiger partial charge in [0, 0.05) is 46.3 Å². The first-order valence-electron chi connectivity index (χ1n) is 12.3. The number of carbonyl (C=O) groups excluding carboxylic acids is 2. The maximum absolute atomic E-state index is 12.8. The Kier molecular flexibility index (Phi) is 7.28. The molecule has 0 radical (unpaired) electrons. The molecule has 6 heteroatoms. The summed E-state index contributed by atoms with van der Waals surface area (Å²) in [5, 5.41) is 9.35. The van der Waals surface area contributed by atoms with Gasteiger partial charge in [-0.3, -0.25) is 9.59 Å². The van der Waals surface area contributed by atoms with Crippen molar-refractivity contribution in [3.05, 3.63) is 108 Å². The normalized spacial score (nSPS) is 11.1. The van der Waals surface area contributed by atoms with Crippen molar-refractivity contribution in [3.8, 4) is 0 Å². The molecule has 0 atom stereocenters. The Morgan fingerprint density at radius 2 is 1.65 bits per heavy atom. The molecule has 5 aromatic rings. The lowest BCUT2D eigenvalue weighted by atomic mass is 10.1. The predicted molar refractivity (Wildman–Crippen MR) is 153 cm³/mol. The summed E-state index contributed by atoms with van der Waals surface area (Å²) < 4.78 is 2.14. The van der Waals surface area contributed by atoms with E-state index in [0.717, 1.165) is 43.4 Å². The molecule has 0 saturated heterocycles. The van der Waals surface area contributed by atoms with Gasteiger partial charge in [-0.15, -0.1) is 11.8 Å². The molecular weight excluding hydrogens is 478 g/mol. The van der Waals surface area contributed by atoms with Crippen LogP contribution in [-0.2, 0) is 11.3 Å². The molecule has 0 spiro atoms. The number of fused-ring (bicyclic) bond motifs is 2. The first-order valence-corrected chi connectivity index (χ1v) is 13.3. The smallest absolute Gasteiger partial charge is 0.251 e. The largest absolute Gasteiger partial charge is 0.350 e. The molecular formula is C31H29N3O2S. The van der Waals surface area contributed by atoms with E-state index >= 15 is 0 Å². The van der Waals surface area contributed by atoms with Crippen molar-refractivity contribution in [3.63, 3.8) is 0 Å². The molecule has 5 nitrogen and oxygen atoms in total. The van der Waals surface area contributed by atoms with Gasteiger partial charge in [-0.05, 0) is 60.0 Å². The minimum absolute atomic E-state index is 0.0295. The molecule has 0 bridgehead atoms. The number of aryl methyl sites for hydroxylation is 1. The lowest BCUT2D eigenvalue weighted by Gasteiger charge is -2.10. The van der Waals surface area contributed by atoms with Gasteiger partial charge in [0.1, 0.15) is 0 Å². The molecule has 2 amide bonds. The second kappa shape index (κ2) is 10.9. The molecule has 2 N–H and O–H groups in total. The lowest BCUT2D eigenvalue weighted by molar-refractivity contribution is -0.113. The summed E-state index contributed by atoms with van der Waals surface area (Å²) in [5.74, 6) is 0.207. The molecule has 1 aromatic heterocycles. The molecule has 4 aromatic carbocycles. The molecule has 0 aliphatic rings. The number of nitrogens with zero attached hydrogens (tertiary/aromatic N) is 1. The number of rotatable bonds is 8. The van der Waals surface area contributed by atoms with Crippen molar-refractivity contribution < 1.29 is 9.59 Å². The number of thioether (sulfide) groups is 1. The van der Waals surface area contributed by atoms with Crippen LogP contribution in [0.15, 0.2) is 96.0 Å². The van der Waals surface area contributed by atoms with Crippen LogP contribution < -0.4 is 10.6 Å². The number of para-hydroxylation sites is 1. The zero-order chi connectivity index (χ0) is 25.8. The third-order valence-electron chi connectivity index (χ3n) is 6.64. The van der Waals surface area contributed by atoms with Gasteiger partial charge in [-0.2, -0.15) is 0 Å². The van der Waals surface area contributed by atoms with Crippen molar-refractivity contribution in [1.82, 2.24) is 9.88 Å². The maximum atomic E-state index is 12.8. The highest BCUT2D eigenvalue weighted by molar-refractivity contribution is 8.00. The molecule has 0 aliphatic heterocycles. The van der Waals surface area contributed by atoms with E-state index in [0.29, 0.717) is 24.4 Å². The summed E-state index contributed by atoms with van der Waals surface area (Å²) in [6.07, 6.45) is 2.07. The van der Waals surface area contributed by atoms with Crippen LogP contribution in [-0.4, -0.2) is 28.7 Å². The van der Waals surface area contributed by atoms with E-state index in [1.54, 1.807) is 0 Å². The summed E-state index contributed by atoms with van der Waals surface area (Å²) in [4.78, 5) is 26.5. The first-order chi connectivity index (χ1) is 18.0. The van der Waals surface area contributed by atoms with E-state index in [-0.39, 0.29) is 11.8 Å². The Morgan fingerprint density at radius 1 is 0.865 bits per heavy atom. The summed E-state index contributed by atoms with van der Waals surface area (Å²) >= 11 is 1.53. The molecule has 0 fully saturated rings. The molecule has 0 aliphatic carbocycles. The van der Waals surface area contributed by atoms with E-state index in [4.69, 9.17) is 0 Å². The van der Waals surface area contributed by atoms with Gasteiger partial charge in [0.15, 0.2) is 0 Å². The SMILES string of the molecule is Cc1cccc(NC(=O)CSc2cn(CCNC(=O)c3ccc4ccccc4c3)c3ccccc23)c1C. The molecule has 0 saturated carbocycles. The summed E-state index contributed by atoms with van der Waals surface area (Å²) in [5.41, 5.74) is 4.83. The number of benzene rings is 4. The number of carbonyl (C=O) groups is 2. The van der Waals surface area contributed by atoms with Crippen LogP contribution in [0.1, 0.15) is 21.5 Å². The predicted octanol–water partition coefficient (Wildman–Crippen LogP) is 6.57. The standard InChI is InChI=1S/C31H29N3O2S/c1-21-8-7-12-27(22(21)2)33-30(35)20-37-29-19-34(28-13-6-5-11-26(28)29)17-16-32-31(36)25-15-14-23-9-3-4-10-24(23)18-25/h3-15,18-19H,16-17,20H2,1-2H3,(H,32,36)(H,33,35). The Bertz CT molecular complexity index is 1610. The van der Waals surface area contributed by atoms with Crippen molar-refractivity contribution in [2.24, 2.45) is 0 Å². The van der Waals surface area contributed by atoms with Crippen LogP contribution in [0.2, 0.25) is 0 Å². The van der Waals surface area contributed by atoms with Gasteiger partial charge in [-0.1, -0.05) is 60.7 Å². The average molecular weight is 508 g/mol. The highest BCUT2D eigenvalue weighted by atomic mass is 32.2. The quantitative estimate of drug-likeness (QED) is 0.234. The van der Waals surface area contributed by atoms with Crippen molar-refractivity contribution >= 4 is 50.9 Å². The van der Waals surface area contributed by atoms with Crippen LogP contribution in [0.3, 0.4) is 0 Å².